The van der Waals surface area contributed by atoms with Gasteiger partial charge in [-0.2, -0.15) is 4.98 Å². The summed E-state index contributed by atoms with van der Waals surface area (Å²) in [4.78, 5) is 17.3. The van der Waals surface area contributed by atoms with Crippen LogP contribution in [0.2, 0.25) is 0 Å². The van der Waals surface area contributed by atoms with Gasteiger partial charge in [0.25, 0.3) is 0 Å². The van der Waals surface area contributed by atoms with E-state index in [4.69, 9.17) is 19.3 Å². The lowest BCUT2D eigenvalue weighted by Crippen LogP contribution is -2.29. The van der Waals surface area contributed by atoms with Crippen LogP contribution in [0.15, 0.2) is 34.6 Å². The van der Waals surface area contributed by atoms with Crippen LogP contribution in [-0.4, -0.2) is 47.3 Å². The summed E-state index contributed by atoms with van der Waals surface area (Å²) in [5, 5.41) is 8.56. The van der Waals surface area contributed by atoms with E-state index in [-0.39, 0.29) is 0 Å². The molecule has 162 valence electrons. The molecule has 3 rings (SSSR count). The Labute approximate surface area is 181 Å². The number of esters is 1. The molecule has 0 amide bonds. The Hall–Kier alpha value is -2.68. The lowest BCUT2D eigenvalue weighted by molar-refractivity contribution is -0.136. The Morgan fingerprint density at radius 2 is 2.07 bits per heavy atom. The lowest BCUT2D eigenvalue weighted by Gasteiger charge is -2.28. The number of nitrogens with one attached hydrogen (secondary N) is 1. The third-order valence-corrected chi connectivity index (χ3v) is 5.69. The van der Waals surface area contributed by atoms with Crippen molar-refractivity contribution in [1.29, 1.82) is 0 Å². The number of rotatable bonds is 9. The van der Waals surface area contributed by atoms with Crippen LogP contribution in [0.5, 0.6) is 11.5 Å². The predicted molar refractivity (Wildman–Crippen MR) is 116 cm³/mol. The van der Waals surface area contributed by atoms with Gasteiger partial charge in [0.1, 0.15) is 6.04 Å². The molecule has 0 saturated heterocycles. The number of anilines is 1. The normalized spacial score (nSPS) is 15.4. The molecule has 1 unspecified atom stereocenters. The molecule has 1 aliphatic rings. The Kier molecular flexibility index (Phi) is 7.25. The van der Waals surface area contributed by atoms with Crippen LogP contribution in [0, 0.1) is 0 Å². The predicted octanol–water partition coefficient (Wildman–Crippen LogP) is 4.04. The summed E-state index contributed by atoms with van der Waals surface area (Å²) in [6.45, 7) is 6.40. The molecule has 0 aliphatic carbocycles. The summed E-state index contributed by atoms with van der Waals surface area (Å²) < 4.78 is 18.0. The number of ether oxygens (including phenoxy) is 3. The van der Waals surface area contributed by atoms with Crippen LogP contribution in [0.1, 0.15) is 45.2 Å². The first-order valence-electron chi connectivity index (χ1n) is 10.00. The summed E-state index contributed by atoms with van der Waals surface area (Å²) in [6, 6.07) is 5.12. The van der Waals surface area contributed by atoms with E-state index >= 15 is 0 Å². The summed E-state index contributed by atoms with van der Waals surface area (Å²) >= 11 is 1.61. The second-order valence-electron chi connectivity index (χ2n) is 6.77. The molecule has 0 bridgehead atoms. The molecular formula is C21H28N4O4S. The van der Waals surface area contributed by atoms with Crippen molar-refractivity contribution in [3.05, 3.63) is 35.0 Å². The number of carbonyl (C=O) groups is 1. The minimum Gasteiger partial charge on any atom is -0.493 e. The number of fused-ring (bicyclic) bond motifs is 1. The molecule has 1 aromatic carbocycles. The van der Waals surface area contributed by atoms with Crippen molar-refractivity contribution in [3.8, 4) is 11.5 Å². The highest BCUT2D eigenvalue weighted by Gasteiger charge is 2.35. The molecule has 8 nitrogen and oxygen atoms in total. The van der Waals surface area contributed by atoms with Crippen molar-refractivity contribution in [3.63, 3.8) is 0 Å². The van der Waals surface area contributed by atoms with Crippen molar-refractivity contribution < 1.29 is 19.0 Å². The smallest absolute Gasteiger partial charge is 0.338 e. The fourth-order valence-corrected chi connectivity index (χ4v) is 4.23. The highest BCUT2D eigenvalue weighted by atomic mass is 32.2. The molecule has 1 aliphatic heterocycles. The summed E-state index contributed by atoms with van der Waals surface area (Å²) in [5.74, 6) is 2.36. The average Bonchev–Trinajstić information content (AvgIpc) is 3.14. The second kappa shape index (κ2) is 9.88. The van der Waals surface area contributed by atoms with Gasteiger partial charge in [-0.1, -0.05) is 31.2 Å². The third kappa shape index (κ3) is 4.40. The van der Waals surface area contributed by atoms with Crippen molar-refractivity contribution >= 4 is 23.7 Å². The van der Waals surface area contributed by atoms with Gasteiger partial charge in [0.2, 0.25) is 11.1 Å². The van der Waals surface area contributed by atoms with E-state index < -0.39 is 12.0 Å². The van der Waals surface area contributed by atoms with E-state index in [0.29, 0.717) is 40.5 Å². The SMILES string of the molecule is CCCCSc1nc2n(n1)C(c1ccc(OC)c(OCC)c1)C(C(=O)OC)=C(C)N2. The zero-order valence-electron chi connectivity index (χ0n) is 18.0. The quantitative estimate of drug-likeness (QED) is 0.361. The van der Waals surface area contributed by atoms with Crippen molar-refractivity contribution in [1.82, 2.24) is 14.8 Å². The van der Waals surface area contributed by atoms with Gasteiger partial charge in [0.05, 0.1) is 26.4 Å². The first kappa shape index (κ1) is 22.0. The second-order valence-corrected chi connectivity index (χ2v) is 7.83. The Morgan fingerprint density at radius 3 is 2.73 bits per heavy atom. The topological polar surface area (TPSA) is 87.5 Å². The van der Waals surface area contributed by atoms with Crippen LogP contribution >= 0.6 is 11.8 Å². The number of benzene rings is 1. The summed E-state index contributed by atoms with van der Waals surface area (Å²) in [5.41, 5.74) is 2.00. The molecular weight excluding hydrogens is 404 g/mol. The lowest BCUT2D eigenvalue weighted by atomic mass is 9.95. The zero-order valence-corrected chi connectivity index (χ0v) is 18.8. The fraction of sp³-hybridized carbons (Fsp3) is 0.476. The van der Waals surface area contributed by atoms with E-state index in [2.05, 4.69) is 17.2 Å². The van der Waals surface area contributed by atoms with Crippen molar-refractivity contribution in [2.75, 3.05) is 31.9 Å². The Bertz CT molecular complexity index is 941. The molecule has 1 aromatic heterocycles. The van der Waals surface area contributed by atoms with Crippen LogP contribution in [0.3, 0.4) is 0 Å². The minimum absolute atomic E-state index is 0.417. The number of methoxy groups -OCH3 is 2. The van der Waals surface area contributed by atoms with Crippen LogP contribution in [-0.2, 0) is 9.53 Å². The van der Waals surface area contributed by atoms with Gasteiger partial charge in [-0.15, -0.1) is 5.10 Å². The number of aromatic nitrogens is 3. The first-order valence-corrected chi connectivity index (χ1v) is 11.0. The van der Waals surface area contributed by atoms with E-state index in [1.165, 1.54) is 7.11 Å². The maximum atomic E-state index is 12.7. The van der Waals surface area contributed by atoms with E-state index in [9.17, 15) is 4.79 Å². The molecule has 0 fully saturated rings. The highest BCUT2D eigenvalue weighted by molar-refractivity contribution is 7.99. The number of allylic oxidation sites excluding steroid dienone is 1. The first-order chi connectivity index (χ1) is 14.5. The molecule has 1 N–H and O–H groups in total. The molecule has 0 radical (unpaired) electrons. The van der Waals surface area contributed by atoms with Gasteiger partial charge < -0.3 is 19.5 Å². The zero-order chi connectivity index (χ0) is 21.7. The number of hydrogen-bond acceptors (Lipinski definition) is 8. The largest absolute Gasteiger partial charge is 0.493 e. The summed E-state index contributed by atoms with van der Waals surface area (Å²) in [7, 11) is 2.98. The Balaban J connectivity index is 2.09. The number of nitrogens with zero attached hydrogens (tertiary/aromatic N) is 3. The average molecular weight is 433 g/mol. The maximum absolute atomic E-state index is 12.7. The standard InChI is InChI=1S/C21H28N4O4S/c1-6-8-11-30-21-23-20-22-13(3)17(19(26)28-5)18(25(20)24-21)14-9-10-15(27-4)16(12-14)29-7-2/h9-10,12,18H,6-8,11H2,1-5H3,(H,22,23,24). The monoisotopic (exact) mass is 432 g/mol. The summed E-state index contributed by atoms with van der Waals surface area (Å²) in [6.07, 6.45) is 2.20. The number of unbranched alkanes of at least 4 members (excludes halogenated alkanes) is 1. The number of carbonyl (C=O) groups excluding carboxylic acids is 1. The van der Waals surface area contributed by atoms with E-state index in [0.717, 1.165) is 24.2 Å². The van der Waals surface area contributed by atoms with Crippen LogP contribution in [0.4, 0.5) is 5.95 Å². The molecule has 9 heteroatoms. The maximum Gasteiger partial charge on any atom is 0.338 e. The highest BCUT2D eigenvalue weighted by Crippen LogP contribution is 2.39. The van der Waals surface area contributed by atoms with Crippen LogP contribution in [0.25, 0.3) is 0 Å². The van der Waals surface area contributed by atoms with Gasteiger partial charge in [-0.05, 0) is 38.0 Å². The van der Waals surface area contributed by atoms with Gasteiger partial charge >= 0.3 is 5.97 Å². The van der Waals surface area contributed by atoms with Crippen molar-refractivity contribution in [2.24, 2.45) is 0 Å². The molecule has 2 aromatic rings. The minimum atomic E-state index is -0.494. The van der Waals surface area contributed by atoms with E-state index in [1.54, 1.807) is 23.6 Å². The molecule has 30 heavy (non-hydrogen) atoms. The van der Waals surface area contributed by atoms with Gasteiger partial charge in [0.15, 0.2) is 11.5 Å². The molecule has 0 spiro atoms. The molecule has 2 heterocycles. The third-order valence-electron chi connectivity index (χ3n) is 4.77. The number of hydrogen-bond donors (Lipinski definition) is 1. The van der Waals surface area contributed by atoms with Crippen molar-refractivity contribution in [2.45, 2.75) is 44.8 Å². The fourth-order valence-electron chi connectivity index (χ4n) is 3.31. The molecule has 1 atom stereocenters. The number of thioether (sulfide) groups is 1. The van der Waals surface area contributed by atoms with Gasteiger partial charge in [-0.25, -0.2) is 9.48 Å². The van der Waals surface area contributed by atoms with E-state index in [1.807, 2.05) is 32.0 Å². The molecule has 0 saturated carbocycles. The Morgan fingerprint density at radius 1 is 1.27 bits per heavy atom. The van der Waals surface area contributed by atoms with Gasteiger partial charge in [0, 0.05) is 11.4 Å². The van der Waals surface area contributed by atoms with Crippen LogP contribution < -0.4 is 14.8 Å². The van der Waals surface area contributed by atoms with Gasteiger partial charge in [-0.3, -0.25) is 0 Å².